The molecule has 0 bridgehead atoms. The van der Waals surface area contributed by atoms with Crippen molar-refractivity contribution < 1.29 is 19.4 Å². The van der Waals surface area contributed by atoms with Crippen LogP contribution in [0.2, 0.25) is 0 Å². The molecule has 0 aromatic heterocycles. The normalized spacial score (nSPS) is 22.0. The molecule has 0 spiro atoms. The van der Waals surface area contributed by atoms with Gasteiger partial charge in [-0.3, -0.25) is 0 Å². The van der Waals surface area contributed by atoms with Crippen LogP contribution in [0.1, 0.15) is 24.0 Å². The van der Waals surface area contributed by atoms with E-state index in [4.69, 9.17) is 9.47 Å². The van der Waals surface area contributed by atoms with E-state index in [-0.39, 0.29) is 30.8 Å². The number of morpholine rings is 1. The molecule has 1 N–H and O–H groups in total. The van der Waals surface area contributed by atoms with Crippen molar-refractivity contribution in [1.82, 2.24) is 4.90 Å². The summed E-state index contributed by atoms with van der Waals surface area (Å²) in [6.45, 7) is 2.94. The first-order valence-corrected chi connectivity index (χ1v) is 9.03. The highest BCUT2D eigenvalue weighted by molar-refractivity contribution is 5.79. The van der Waals surface area contributed by atoms with E-state index >= 15 is 0 Å². The minimum absolute atomic E-state index is 0.0541. The zero-order valence-corrected chi connectivity index (χ0v) is 14.8. The molecule has 1 heterocycles. The molecule has 1 saturated heterocycles. The van der Waals surface area contributed by atoms with Gasteiger partial charge in [-0.05, 0) is 29.2 Å². The Bertz CT molecular complexity index is 761. The van der Waals surface area contributed by atoms with Crippen LogP contribution in [0.4, 0.5) is 4.79 Å². The van der Waals surface area contributed by atoms with Gasteiger partial charge in [0.25, 0.3) is 0 Å². The predicted octanol–water partition coefficient (Wildman–Crippen LogP) is 3.02. The van der Waals surface area contributed by atoms with Gasteiger partial charge in [-0.15, -0.1) is 0 Å². The van der Waals surface area contributed by atoms with Crippen LogP contribution < -0.4 is 0 Å². The maximum atomic E-state index is 12.6. The van der Waals surface area contributed by atoms with Gasteiger partial charge in [-0.2, -0.15) is 0 Å². The number of aliphatic hydroxyl groups excluding tert-OH is 1. The Morgan fingerprint density at radius 2 is 1.73 bits per heavy atom. The fourth-order valence-electron chi connectivity index (χ4n) is 3.98. The molecule has 2 aromatic rings. The number of benzene rings is 2. The van der Waals surface area contributed by atoms with E-state index in [1.54, 1.807) is 4.90 Å². The van der Waals surface area contributed by atoms with Crippen molar-refractivity contribution in [3.8, 4) is 11.1 Å². The number of aliphatic hydroxyl groups is 1. The molecule has 1 fully saturated rings. The molecular weight excluding hydrogens is 330 g/mol. The summed E-state index contributed by atoms with van der Waals surface area (Å²) in [4.78, 5) is 14.2. The summed E-state index contributed by atoms with van der Waals surface area (Å²) in [5, 5.41) is 9.33. The topological polar surface area (TPSA) is 59.0 Å². The van der Waals surface area contributed by atoms with Crippen LogP contribution in [0.15, 0.2) is 48.5 Å². The molecule has 1 amide bonds. The van der Waals surface area contributed by atoms with Crippen LogP contribution in [0.3, 0.4) is 0 Å². The number of carbonyl (C=O) groups is 1. The second-order valence-corrected chi connectivity index (χ2v) is 6.96. The average Bonchev–Trinajstić information content (AvgIpc) is 2.99. The molecule has 5 heteroatoms. The van der Waals surface area contributed by atoms with E-state index in [1.807, 2.05) is 31.2 Å². The SMILES string of the molecule is C[C@@H]1CN(C(=O)OCC2c3ccccc3-c3ccccc32)C[C@@H](CO)O1. The maximum absolute atomic E-state index is 12.6. The number of nitrogens with zero attached hydrogens (tertiary/aromatic N) is 1. The molecule has 2 aliphatic rings. The molecule has 5 nitrogen and oxygen atoms in total. The molecule has 1 aliphatic heterocycles. The maximum Gasteiger partial charge on any atom is 0.409 e. The number of hydrogen-bond donors (Lipinski definition) is 1. The van der Waals surface area contributed by atoms with Crippen molar-refractivity contribution >= 4 is 6.09 Å². The van der Waals surface area contributed by atoms with Gasteiger partial charge < -0.3 is 19.5 Å². The van der Waals surface area contributed by atoms with E-state index in [0.717, 1.165) is 0 Å². The summed E-state index contributed by atoms with van der Waals surface area (Å²) < 4.78 is 11.3. The summed E-state index contributed by atoms with van der Waals surface area (Å²) in [7, 11) is 0. The zero-order valence-electron chi connectivity index (χ0n) is 14.8. The quantitative estimate of drug-likeness (QED) is 0.921. The third kappa shape index (κ3) is 3.08. The van der Waals surface area contributed by atoms with Crippen molar-refractivity contribution in [2.24, 2.45) is 0 Å². The molecule has 4 rings (SSSR count). The van der Waals surface area contributed by atoms with Gasteiger partial charge in [0.1, 0.15) is 6.61 Å². The highest BCUT2D eigenvalue weighted by Crippen LogP contribution is 2.44. The molecule has 1 aliphatic carbocycles. The first-order valence-electron chi connectivity index (χ1n) is 9.03. The number of rotatable bonds is 3. The van der Waals surface area contributed by atoms with Crippen LogP contribution >= 0.6 is 0 Å². The summed E-state index contributed by atoms with van der Waals surface area (Å²) >= 11 is 0. The minimum atomic E-state index is -0.348. The lowest BCUT2D eigenvalue weighted by Gasteiger charge is -2.35. The van der Waals surface area contributed by atoms with Gasteiger partial charge in [-0.1, -0.05) is 48.5 Å². The lowest BCUT2D eigenvalue weighted by Crippen LogP contribution is -2.50. The Labute approximate surface area is 153 Å². The summed E-state index contributed by atoms with van der Waals surface area (Å²) in [5.74, 6) is 0.0541. The number of hydrogen-bond acceptors (Lipinski definition) is 4. The van der Waals surface area contributed by atoms with E-state index in [2.05, 4.69) is 24.3 Å². The van der Waals surface area contributed by atoms with Crippen molar-refractivity contribution in [1.29, 1.82) is 0 Å². The second-order valence-electron chi connectivity index (χ2n) is 6.96. The third-order valence-corrected chi connectivity index (χ3v) is 5.12. The Hall–Kier alpha value is -2.37. The highest BCUT2D eigenvalue weighted by atomic mass is 16.6. The molecular formula is C21H23NO4. The Morgan fingerprint density at radius 1 is 1.12 bits per heavy atom. The van der Waals surface area contributed by atoms with E-state index in [0.29, 0.717) is 19.7 Å². The number of ether oxygens (including phenoxy) is 2. The number of carbonyl (C=O) groups excluding carboxylic acids is 1. The first kappa shape index (κ1) is 17.1. The average molecular weight is 353 g/mol. The summed E-state index contributed by atoms with van der Waals surface area (Å²) in [6, 6.07) is 16.6. The predicted molar refractivity (Wildman–Crippen MR) is 98.1 cm³/mol. The van der Waals surface area contributed by atoms with Crippen molar-refractivity contribution in [3.05, 3.63) is 59.7 Å². The standard InChI is InChI=1S/C21H23NO4/c1-14-10-22(11-15(12-23)26-14)21(24)25-13-20-18-8-4-2-6-16(18)17-7-3-5-9-19(17)20/h2-9,14-15,20,23H,10-13H2,1H3/t14-,15+/m1/s1. The Balaban J connectivity index is 1.49. The zero-order chi connectivity index (χ0) is 18.1. The van der Waals surface area contributed by atoms with Gasteiger partial charge in [-0.25, -0.2) is 4.79 Å². The van der Waals surface area contributed by atoms with Gasteiger partial charge in [0.15, 0.2) is 0 Å². The van der Waals surface area contributed by atoms with Crippen molar-refractivity contribution in [2.75, 3.05) is 26.3 Å². The molecule has 0 radical (unpaired) electrons. The molecule has 136 valence electrons. The number of amides is 1. The van der Waals surface area contributed by atoms with E-state index in [9.17, 15) is 9.90 Å². The largest absolute Gasteiger partial charge is 0.448 e. The molecule has 2 aromatic carbocycles. The molecule has 0 saturated carbocycles. The molecule has 2 atom stereocenters. The Kier molecular flexibility index (Phi) is 4.66. The molecule has 0 unspecified atom stereocenters. The Morgan fingerprint density at radius 3 is 2.35 bits per heavy atom. The lowest BCUT2D eigenvalue weighted by molar-refractivity contribution is -0.0901. The summed E-state index contributed by atoms with van der Waals surface area (Å²) in [5.41, 5.74) is 4.82. The fourth-order valence-corrected chi connectivity index (χ4v) is 3.98. The van der Waals surface area contributed by atoms with E-state index < -0.39 is 0 Å². The van der Waals surface area contributed by atoms with Crippen LogP contribution in [-0.2, 0) is 9.47 Å². The first-order chi connectivity index (χ1) is 12.7. The second kappa shape index (κ2) is 7.09. The van der Waals surface area contributed by atoms with Gasteiger partial charge in [0.05, 0.1) is 31.9 Å². The minimum Gasteiger partial charge on any atom is -0.448 e. The van der Waals surface area contributed by atoms with Gasteiger partial charge >= 0.3 is 6.09 Å². The highest BCUT2D eigenvalue weighted by Gasteiger charge is 2.32. The summed E-state index contributed by atoms with van der Waals surface area (Å²) in [6.07, 6.45) is -0.805. The fraction of sp³-hybridized carbons (Fsp3) is 0.381. The van der Waals surface area contributed by atoms with Gasteiger partial charge in [0.2, 0.25) is 0 Å². The third-order valence-electron chi connectivity index (χ3n) is 5.12. The van der Waals surface area contributed by atoms with E-state index in [1.165, 1.54) is 22.3 Å². The smallest absolute Gasteiger partial charge is 0.409 e. The van der Waals surface area contributed by atoms with Gasteiger partial charge in [0, 0.05) is 5.92 Å². The lowest BCUT2D eigenvalue weighted by atomic mass is 9.98. The number of fused-ring (bicyclic) bond motifs is 3. The van der Waals surface area contributed by atoms with Crippen LogP contribution in [0.25, 0.3) is 11.1 Å². The van der Waals surface area contributed by atoms with Crippen LogP contribution in [-0.4, -0.2) is 54.6 Å². The van der Waals surface area contributed by atoms with Crippen molar-refractivity contribution in [2.45, 2.75) is 25.0 Å². The molecule has 26 heavy (non-hydrogen) atoms. The van der Waals surface area contributed by atoms with Crippen LogP contribution in [0.5, 0.6) is 0 Å². The monoisotopic (exact) mass is 353 g/mol. The van der Waals surface area contributed by atoms with Crippen LogP contribution in [0, 0.1) is 0 Å². The van der Waals surface area contributed by atoms with Crippen molar-refractivity contribution in [3.63, 3.8) is 0 Å².